The van der Waals surface area contributed by atoms with Crippen LogP contribution in [0.25, 0.3) is 0 Å². The summed E-state index contributed by atoms with van der Waals surface area (Å²) >= 11 is 3.33. The molecule has 0 aliphatic carbocycles. The minimum atomic E-state index is 0.0157. The van der Waals surface area contributed by atoms with Crippen LogP contribution < -0.4 is 4.74 Å². The standard InChI is InChI=1S/C10H12BrNO2/c1-8(3-2-6-13)14-10-7-9(11)4-5-12-10/h4-8H,2-3H2,1H3/t8-/m0/s1. The molecule has 0 saturated carbocycles. The van der Waals surface area contributed by atoms with Gasteiger partial charge in [0.1, 0.15) is 6.29 Å². The van der Waals surface area contributed by atoms with Gasteiger partial charge in [0.25, 0.3) is 0 Å². The summed E-state index contributed by atoms with van der Waals surface area (Å²) in [5.41, 5.74) is 0. The molecule has 0 saturated heterocycles. The van der Waals surface area contributed by atoms with E-state index in [1.165, 1.54) is 0 Å². The van der Waals surface area contributed by atoms with Crippen molar-refractivity contribution in [2.24, 2.45) is 0 Å². The Kier molecular flexibility index (Phi) is 4.59. The van der Waals surface area contributed by atoms with Crippen molar-refractivity contribution in [1.82, 2.24) is 4.98 Å². The maximum absolute atomic E-state index is 10.1. The zero-order valence-electron chi connectivity index (χ0n) is 7.94. The first kappa shape index (κ1) is 11.2. The second-order valence-corrected chi connectivity index (χ2v) is 3.90. The highest BCUT2D eigenvalue weighted by Gasteiger charge is 2.04. The van der Waals surface area contributed by atoms with Gasteiger partial charge in [-0.3, -0.25) is 0 Å². The molecule has 1 aromatic rings. The Morgan fingerprint density at radius 1 is 1.71 bits per heavy atom. The van der Waals surface area contributed by atoms with Gasteiger partial charge >= 0.3 is 0 Å². The molecule has 0 unspecified atom stereocenters. The molecule has 0 bridgehead atoms. The molecule has 1 heterocycles. The number of ether oxygens (including phenoxy) is 1. The second kappa shape index (κ2) is 5.75. The van der Waals surface area contributed by atoms with Crippen LogP contribution in [0.3, 0.4) is 0 Å². The Labute approximate surface area is 91.6 Å². The summed E-state index contributed by atoms with van der Waals surface area (Å²) in [6, 6.07) is 3.64. The van der Waals surface area contributed by atoms with Gasteiger partial charge in [0.15, 0.2) is 0 Å². The van der Waals surface area contributed by atoms with Gasteiger partial charge in [-0.15, -0.1) is 0 Å². The number of carbonyl (C=O) groups is 1. The molecular formula is C10H12BrNO2. The minimum Gasteiger partial charge on any atom is -0.475 e. The van der Waals surface area contributed by atoms with Gasteiger partial charge < -0.3 is 9.53 Å². The lowest BCUT2D eigenvalue weighted by atomic mass is 10.2. The van der Waals surface area contributed by atoms with E-state index in [9.17, 15) is 4.79 Å². The molecule has 0 aromatic carbocycles. The fraction of sp³-hybridized carbons (Fsp3) is 0.400. The van der Waals surface area contributed by atoms with Crippen molar-refractivity contribution >= 4 is 22.2 Å². The molecule has 0 aliphatic heterocycles. The van der Waals surface area contributed by atoms with E-state index in [-0.39, 0.29) is 6.10 Å². The summed E-state index contributed by atoms with van der Waals surface area (Å²) in [6.07, 6.45) is 3.83. The highest BCUT2D eigenvalue weighted by Crippen LogP contribution is 2.16. The van der Waals surface area contributed by atoms with Crippen LogP contribution in [0.1, 0.15) is 19.8 Å². The van der Waals surface area contributed by atoms with Crippen LogP contribution in [-0.4, -0.2) is 17.4 Å². The number of halogens is 1. The summed E-state index contributed by atoms with van der Waals surface area (Å²) in [4.78, 5) is 14.2. The molecule has 0 fully saturated rings. The Bertz CT molecular complexity index is 304. The van der Waals surface area contributed by atoms with Gasteiger partial charge in [0, 0.05) is 23.2 Å². The van der Waals surface area contributed by atoms with Crippen LogP contribution in [0, 0.1) is 0 Å². The van der Waals surface area contributed by atoms with Crippen molar-refractivity contribution < 1.29 is 9.53 Å². The van der Waals surface area contributed by atoms with Crippen molar-refractivity contribution in [3.63, 3.8) is 0 Å². The van der Waals surface area contributed by atoms with Crippen molar-refractivity contribution in [3.05, 3.63) is 22.8 Å². The summed E-state index contributed by atoms with van der Waals surface area (Å²) in [5.74, 6) is 0.581. The monoisotopic (exact) mass is 257 g/mol. The van der Waals surface area contributed by atoms with Crippen LogP contribution in [0.4, 0.5) is 0 Å². The molecule has 0 aliphatic rings. The summed E-state index contributed by atoms with van der Waals surface area (Å²) in [6.45, 7) is 1.92. The zero-order valence-corrected chi connectivity index (χ0v) is 9.53. The van der Waals surface area contributed by atoms with Crippen molar-refractivity contribution in [2.75, 3.05) is 0 Å². The normalized spacial score (nSPS) is 12.1. The lowest BCUT2D eigenvalue weighted by molar-refractivity contribution is -0.108. The number of pyridine rings is 1. The topological polar surface area (TPSA) is 39.2 Å². The third-order valence-corrected chi connectivity index (χ3v) is 2.20. The molecule has 1 atom stereocenters. The number of hydrogen-bond acceptors (Lipinski definition) is 3. The van der Waals surface area contributed by atoms with E-state index in [0.717, 1.165) is 17.2 Å². The van der Waals surface area contributed by atoms with Crippen LogP contribution in [0.2, 0.25) is 0 Å². The summed E-state index contributed by atoms with van der Waals surface area (Å²) < 4.78 is 6.43. The van der Waals surface area contributed by atoms with Gasteiger partial charge in [-0.05, 0) is 19.4 Å². The van der Waals surface area contributed by atoms with Gasteiger partial charge in [-0.1, -0.05) is 15.9 Å². The largest absolute Gasteiger partial charge is 0.475 e. The summed E-state index contributed by atoms with van der Waals surface area (Å²) in [7, 11) is 0. The molecule has 14 heavy (non-hydrogen) atoms. The molecule has 0 amide bonds. The maximum atomic E-state index is 10.1. The van der Waals surface area contributed by atoms with E-state index in [1.54, 1.807) is 12.3 Å². The van der Waals surface area contributed by atoms with Crippen LogP contribution in [-0.2, 0) is 4.79 Å². The molecule has 4 heteroatoms. The smallest absolute Gasteiger partial charge is 0.214 e. The van der Waals surface area contributed by atoms with E-state index < -0.39 is 0 Å². The Balaban J connectivity index is 2.47. The number of nitrogens with zero attached hydrogens (tertiary/aromatic N) is 1. The van der Waals surface area contributed by atoms with Crippen LogP contribution in [0.15, 0.2) is 22.8 Å². The van der Waals surface area contributed by atoms with E-state index in [0.29, 0.717) is 12.3 Å². The Morgan fingerprint density at radius 2 is 2.50 bits per heavy atom. The molecule has 0 N–H and O–H groups in total. The number of carbonyl (C=O) groups excluding carboxylic acids is 1. The van der Waals surface area contributed by atoms with E-state index in [4.69, 9.17) is 4.74 Å². The fourth-order valence-corrected chi connectivity index (χ4v) is 1.33. The number of aromatic nitrogens is 1. The lowest BCUT2D eigenvalue weighted by Crippen LogP contribution is -2.12. The van der Waals surface area contributed by atoms with Gasteiger partial charge in [-0.25, -0.2) is 4.98 Å². The molecule has 1 aromatic heterocycles. The van der Waals surface area contributed by atoms with E-state index >= 15 is 0 Å². The fourth-order valence-electron chi connectivity index (χ4n) is 1.02. The SMILES string of the molecule is C[C@@H](CCC=O)Oc1cc(Br)ccn1. The van der Waals surface area contributed by atoms with E-state index in [1.807, 2.05) is 13.0 Å². The van der Waals surface area contributed by atoms with Gasteiger partial charge in [0.05, 0.1) is 6.10 Å². The first-order valence-electron chi connectivity index (χ1n) is 4.44. The van der Waals surface area contributed by atoms with Crippen molar-refractivity contribution in [1.29, 1.82) is 0 Å². The first-order valence-corrected chi connectivity index (χ1v) is 5.23. The third kappa shape index (κ3) is 3.87. The highest BCUT2D eigenvalue weighted by atomic mass is 79.9. The molecule has 3 nitrogen and oxygen atoms in total. The Hall–Kier alpha value is -0.900. The molecule has 0 radical (unpaired) electrons. The predicted octanol–water partition coefficient (Wildman–Crippen LogP) is 2.59. The van der Waals surface area contributed by atoms with Gasteiger partial charge in [-0.2, -0.15) is 0 Å². The average molecular weight is 258 g/mol. The second-order valence-electron chi connectivity index (χ2n) is 2.98. The number of rotatable bonds is 5. The average Bonchev–Trinajstić information content (AvgIpc) is 2.15. The Morgan fingerprint density at radius 3 is 3.14 bits per heavy atom. The van der Waals surface area contributed by atoms with Gasteiger partial charge in [0.2, 0.25) is 5.88 Å². The molecular weight excluding hydrogens is 246 g/mol. The number of aldehydes is 1. The lowest BCUT2D eigenvalue weighted by Gasteiger charge is -2.12. The zero-order chi connectivity index (χ0) is 10.4. The van der Waals surface area contributed by atoms with Crippen molar-refractivity contribution in [2.45, 2.75) is 25.9 Å². The summed E-state index contributed by atoms with van der Waals surface area (Å²) in [5, 5.41) is 0. The highest BCUT2D eigenvalue weighted by molar-refractivity contribution is 9.10. The van der Waals surface area contributed by atoms with Crippen molar-refractivity contribution in [3.8, 4) is 5.88 Å². The predicted molar refractivity (Wildman–Crippen MR) is 57.3 cm³/mol. The third-order valence-electron chi connectivity index (χ3n) is 1.71. The van der Waals surface area contributed by atoms with E-state index in [2.05, 4.69) is 20.9 Å². The maximum Gasteiger partial charge on any atom is 0.214 e. The van der Waals surface area contributed by atoms with Crippen LogP contribution >= 0.6 is 15.9 Å². The minimum absolute atomic E-state index is 0.0157. The quantitative estimate of drug-likeness (QED) is 0.762. The first-order chi connectivity index (χ1) is 6.72. The number of hydrogen-bond donors (Lipinski definition) is 0. The van der Waals surface area contributed by atoms with Crippen LogP contribution in [0.5, 0.6) is 5.88 Å². The molecule has 0 spiro atoms. The molecule has 1 rings (SSSR count). The molecule has 76 valence electrons.